The van der Waals surface area contributed by atoms with Crippen LogP contribution in [0.2, 0.25) is 0 Å². The van der Waals surface area contributed by atoms with Crippen LogP contribution in [0, 0.1) is 13.8 Å². The zero-order chi connectivity index (χ0) is 37.4. The Morgan fingerprint density at radius 2 is 1.37 bits per heavy atom. The third-order valence-corrected chi connectivity index (χ3v) is 8.99. The number of carbonyl (C=O) groups excluding carboxylic acids is 2. The molecule has 8 nitrogen and oxygen atoms in total. The maximum atomic E-state index is 11.5. The smallest absolute Gasteiger partial charge is 0.330 e. The number of hydrogen-bond acceptors (Lipinski definition) is 8. The van der Waals surface area contributed by atoms with Crippen LogP contribution in [-0.2, 0) is 29.2 Å². The lowest BCUT2D eigenvalue weighted by Crippen LogP contribution is -2.29. The van der Waals surface area contributed by atoms with Crippen LogP contribution in [0.4, 0.5) is 0 Å². The summed E-state index contributed by atoms with van der Waals surface area (Å²) < 4.78 is 34.3. The number of ether oxygens (including phenoxy) is 6. The summed E-state index contributed by atoms with van der Waals surface area (Å²) in [5, 5.41) is 2.06. The molecule has 268 valence electrons. The average Bonchev–Trinajstić information content (AvgIpc) is 3.46. The minimum atomic E-state index is -0.930. The second-order valence-corrected chi connectivity index (χ2v) is 12.2. The lowest BCUT2D eigenvalue weighted by atomic mass is 9.67. The van der Waals surface area contributed by atoms with Crippen molar-refractivity contribution in [3.63, 3.8) is 0 Å². The van der Waals surface area contributed by atoms with E-state index in [0.717, 1.165) is 78.9 Å². The number of allylic oxidation sites excluding steroid dienone is 4. The van der Waals surface area contributed by atoms with Crippen molar-refractivity contribution in [2.75, 3.05) is 40.6 Å². The van der Waals surface area contributed by atoms with Crippen molar-refractivity contribution in [1.29, 1.82) is 0 Å². The van der Waals surface area contributed by atoms with Crippen LogP contribution in [0.5, 0.6) is 17.2 Å². The highest BCUT2D eigenvalue weighted by molar-refractivity contribution is 6.08. The van der Waals surface area contributed by atoms with Crippen molar-refractivity contribution < 1.29 is 38.0 Å². The van der Waals surface area contributed by atoms with Crippen LogP contribution >= 0.6 is 0 Å². The van der Waals surface area contributed by atoms with Gasteiger partial charge in [-0.1, -0.05) is 62.2 Å². The first kappa shape index (κ1) is 37.2. The first-order valence-corrected chi connectivity index (χ1v) is 16.9. The molecule has 0 amide bonds. The van der Waals surface area contributed by atoms with Crippen molar-refractivity contribution in [1.82, 2.24) is 0 Å². The zero-order valence-corrected chi connectivity index (χ0v) is 30.4. The van der Waals surface area contributed by atoms with E-state index in [1.165, 1.54) is 0 Å². The zero-order valence-electron chi connectivity index (χ0n) is 30.4. The topological polar surface area (TPSA) is 89.5 Å². The maximum Gasteiger partial charge on any atom is 0.330 e. The van der Waals surface area contributed by atoms with E-state index in [2.05, 4.69) is 57.3 Å². The SMILES string of the molecule is C=CC(=O)OCCOC(/C=C\C(=C)C1(c2ccc(OCCOC(=O)C=C)cc2)c2ccc3cc(C)cc(OC)c3c2-c2cc(C)cc(OC)c21)=C/C. The van der Waals surface area contributed by atoms with Crippen molar-refractivity contribution in [2.45, 2.75) is 26.2 Å². The molecule has 4 aromatic rings. The van der Waals surface area contributed by atoms with E-state index in [1.807, 2.05) is 55.5 Å². The lowest BCUT2D eigenvalue weighted by Gasteiger charge is -2.35. The Kier molecular flexibility index (Phi) is 11.7. The summed E-state index contributed by atoms with van der Waals surface area (Å²) in [6, 6.07) is 20.6. The number of aryl methyl sites for hydroxylation is 2. The molecule has 1 atom stereocenters. The van der Waals surface area contributed by atoms with Gasteiger partial charge in [-0.3, -0.25) is 0 Å². The summed E-state index contributed by atoms with van der Waals surface area (Å²) in [6.45, 7) is 18.1. The van der Waals surface area contributed by atoms with E-state index in [1.54, 1.807) is 14.2 Å². The Labute approximate surface area is 305 Å². The highest BCUT2D eigenvalue weighted by Crippen LogP contribution is 2.61. The van der Waals surface area contributed by atoms with E-state index < -0.39 is 17.4 Å². The van der Waals surface area contributed by atoms with Gasteiger partial charge in [0.15, 0.2) is 0 Å². The predicted octanol–water partition coefficient (Wildman–Crippen LogP) is 8.66. The largest absolute Gasteiger partial charge is 0.496 e. The molecular formula is C44H44O8. The standard InChI is InChI=1S/C44H44O8/c1-9-33(49-20-22-51-39(45)10-2)16-12-30(6)44(32-14-17-34(18-15-32)50-21-23-52-40(46)11-3)36-19-13-31-24-28(4)26-37(47-7)41(31)42(36)35-25-29(5)27-38(48-8)43(35)44/h9-19,24-27H,2-3,6,20-23H2,1,4-5,7-8H3/b16-12-,33-9+. The molecule has 1 aliphatic rings. The molecule has 0 saturated heterocycles. The molecule has 0 bridgehead atoms. The summed E-state index contributed by atoms with van der Waals surface area (Å²) in [6.07, 6.45) is 7.90. The number of fused-ring (bicyclic) bond motifs is 5. The normalized spacial score (nSPS) is 14.7. The molecule has 5 rings (SSSR count). The molecule has 0 radical (unpaired) electrons. The second-order valence-electron chi connectivity index (χ2n) is 12.2. The van der Waals surface area contributed by atoms with Gasteiger partial charge in [-0.15, -0.1) is 0 Å². The molecular weight excluding hydrogens is 656 g/mol. The first-order chi connectivity index (χ1) is 25.1. The number of benzene rings is 4. The molecule has 0 aromatic heterocycles. The first-order valence-electron chi connectivity index (χ1n) is 16.9. The Morgan fingerprint density at radius 3 is 2.00 bits per heavy atom. The average molecular weight is 701 g/mol. The van der Waals surface area contributed by atoms with E-state index in [0.29, 0.717) is 11.5 Å². The lowest BCUT2D eigenvalue weighted by molar-refractivity contribution is -0.139. The third-order valence-electron chi connectivity index (χ3n) is 8.99. The summed E-state index contributed by atoms with van der Waals surface area (Å²) >= 11 is 0. The second kappa shape index (κ2) is 16.3. The quantitative estimate of drug-likeness (QED) is 0.0377. The highest BCUT2D eigenvalue weighted by Gasteiger charge is 2.49. The number of methoxy groups -OCH3 is 2. The molecule has 0 saturated carbocycles. The van der Waals surface area contributed by atoms with Gasteiger partial charge < -0.3 is 28.4 Å². The fourth-order valence-electron chi connectivity index (χ4n) is 6.83. The minimum absolute atomic E-state index is 0.0811. The van der Waals surface area contributed by atoms with Gasteiger partial charge in [0.25, 0.3) is 0 Å². The Morgan fingerprint density at radius 1 is 0.750 bits per heavy atom. The molecule has 0 spiro atoms. The van der Waals surface area contributed by atoms with Crippen LogP contribution in [-0.4, -0.2) is 52.6 Å². The summed E-state index contributed by atoms with van der Waals surface area (Å²) in [7, 11) is 3.38. The van der Waals surface area contributed by atoms with Gasteiger partial charge in [0, 0.05) is 23.1 Å². The summed E-state index contributed by atoms with van der Waals surface area (Å²) in [4.78, 5) is 23.0. The summed E-state index contributed by atoms with van der Waals surface area (Å²) in [5.41, 5.74) is 6.91. The van der Waals surface area contributed by atoms with Gasteiger partial charge in [-0.2, -0.15) is 0 Å². The van der Waals surface area contributed by atoms with E-state index in [4.69, 9.17) is 35.0 Å². The maximum absolute atomic E-state index is 11.5. The van der Waals surface area contributed by atoms with Crippen LogP contribution in [0.15, 0.2) is 122 Å². The van der Waals surface area contributed by atoms with Crippen LogP contribution < -0.4 is 14.2 Å². The molecule has 0 aliphatic heterocycles. The molecule has 0 heterocycles. The van der Waals surface area contributed by atoms with Crippen LogP contribution in [0.1, 0.15) is 34.7 Å². The van der Waals surface area contributed by atoms with Crippen molar-refractivity contribution in [2.24, 2.45) is 0 Å². The van der Waals surface area contributed by atoms with Gasteiger partial charge in [-0.25, -0.2) is 9.59 Å². The van der Waals surface area contributed by atoms with Gasteiger partial charge in [0.1, 0.15) is 49.4 Å². The fourth-order valence-corrected chi connectivity index (χ4v) is 6.83. The monoisotopic (exact) mass is 700 g/mol. The van der Waals surface area contributed by atoms with Gasteiger partial charge >= 0.3 is 11.9 Å². The Balaban J connectivity index is 1.70. The number of carbonyl (C=O) groups is 2. The van der Waals surface area contributed by atoms with E-state index in [9.17, 15) is 9.59 Å². The van der Waals surface area contributed by atoms with Gasteiger partial charge in [-0.05, 0) is 102 Å². The van der Waals surface area contributed by atoms with E-state index >= 15 is 0 Å². The molecule has 0 N–H and O–H groups in total. The molecule has 8 heteroatoms. The van der Waals surface area contributed by atoms with Crippen molar-refractivity contribution in [3.8, 4) is 28.4 Å². The molecule has 1 unspecified atom stereocenters. The van der Waals surface area contributed by atoms with Crippen molar-refractivity contribution >= 4 is 22.7 Å². The molecule has 52 heavy (non-hydrogen) atoms. The number of esters is 2. The third kappa shape index (κ3) is 7.23. The molecule has 4 aromatic carbocycles. The van der Waals surface area contributed by atoms with E-state index in [-0.39, 0.29) is 26.4 Å². The van der Waals surface area contributed by atoms with Crippen molar-refractivity contribution in [3.05, 3.63) is 150 Å². The number of rotatable bonds is 16. The van der Waals surface area contributed by atoms with Gasteiger partial charge in [0.2, 0.25) is 0 Å². The highest BCUT2D eigenvalue weighted by atomic mass is 16.6. The predicted molar refractivity (Wildman–Crippen MR) is 204 cm³/mol. The fraction of sp³-hybridized carbons (Fsp3) is 0.227. The van der Waals surface area contributed by atoms with Crippen LogP contribution in [0.25, 0.3) is 21.9 Å². The van der Waals surface area contributed by atoms with Gasteiger partial charge in [0.05, 0.1) is 19.6 Å². The molecule has 0 fully saturated rings. The minimum Gasteiger partial charge on any atom is -0.496 e. The Bertz CT molecular complexity index is 2090. The molecule has 1 aliphatic carbocycles. The number of hydrogen-bond donors (Lipinski definition) is 0. The van der Waals surface area contributed by atoms with Crippen LogP contribution in [0.3, 0.4) is 0 Å². The summed E-state index contributed by atoms with van der Waals surface area (Å²) in [5.74, 6) is 1.68. The Hall–Kier alpha value is -6.02.